The van der Waals surface area contributed by atoms with Gasteiger partial charge in [0.05, 0.1) is 25.3 Å². The van der Waals surface area contributed by atoms with Gasteiger partial charge in [-0.25, -0.2) is 4.98 Å². The summed E-state index contributed by atoms with van der Waals surface area (Å²) in [7, 11) is 0. The van der Waals surface area contributed by atoms with E-state index in [1.165, 1.54) is 5.56 Å². The van der Waals surface area contributed by atoms with Crippen molar-refractivity contribution in [1.29, 1.82) is 0 Å². The second-order valence-corrected chi connectivity index (χ2v) is 7.79. The minimum Gasteiger partial charge on any atom is -0.490 e. The van der Waals surface area contributed by atoms with E-state index in [0.717, 1.165) is 39.7 Å². The predicted octanol–water partition coefficient (Wildman–Crippen LogP) is 4.82. The van der Waals surface area contributed by atoms with Crippen molar-refractivity contribution in [3.8, 4) is 22.1 Å². The van der Waals surface area contributed by atoms with Crippen LogP contribution in [-0.2, 0) is 17.6 Å². The third-order valence-electron chi connectivity index (χ3n) is 4.54. The van der Waals surface area contributed by atoms with Crippen LogP contribution in [0, 0.1) is 6.92 Å². The van der Waals surface area contributed by atoms with Crippen molar-refractivity contribution >= 4 is 17.2 Å². The van der Waals surface area contributed by atoms with Gasteiger partial charge in [0, 0.05) is 17.5 Å². The van der Waals surface area contributed by atoms with Crippen LogP contribution in [0.15, 0.2) is 47.8 Å². The molecule has 0 saturated carbocycles. The largest absolute Gasteiger partial charge is 0.490 e. The number of nitrogens with one attached hydrogen (secondary N) is 1. The zero-order chi connectivity index (χ0) is 21.3. The molecule has 6 heteroatoms. The Morgan fingerprint density at radius 1 is 1.03 bits per heavy atom. The number of hydrogen-bond donors (Lipinski definition) is 1. The van der Waals surface area contributed by atoms with Gasteiger partial charge in [0.2, 0.25) is 5.91 Å². The molecule has 0 radical (unpaired) electrons. The average molecular weight is 425 g/mol. The van der Waals surface area contributed by atoms with E-state index in [2.05, 4.69) is 41.5 Å². The number of carbonyl (C=O) groups excluding carboxylic acids is 1. The number of rotatable bonds is 10. The Hall–Kier alpha value is -2.86. The predicted molar refractivity (Wildman–Crippen MR) is 121 cm³/mol. The van der Waals surface area contributed by atoms with Gasteiger partial charge in [0.15, 0.2) is 11.5 Å². The fourth-order valence-corrected chi connectivity index (χ4v) is 3.87. The van der Waals surface area contributed by atoms with Crippen LogP contribution in [0.2, 0.25) is 0 Å². The molecule has 0 saturated heterocycles. The highest BCUT2D eigenvalue weighted by molar-refractivity contribution is 7.13. The summed E-state index contributed by atoms with van der Waals surface area (Å²) in [6, 6.07) is 14.2. The highest BCUT2D eigenvalue weighted by atomic mass is 32.1. The summed E-state index contributed by atoms with van der Waals surface area (Å²) in [5.41, 5.74) is 4.19. The molecule has 1 N–H and O–H groups in total. The Morgan fingerprint density at radius 3 is 2.50 bits per heavy atom. The number of nitrogens with zero attached hydrogens (tertiary/aromatic N) is 1. The summed E-state index contributed by atoms with van der Waals surface area (Å²) in [6.07, 6.45) is 1.01. The first-order chi connectivity index (χ1) is 14.6. The van der Waals surface area contributed by atoms with Crippen molar-refractivity contribution in [1.82, 2.24) is 10.3 Å². The Labute approximate surface area is 182 Å². The molecule has 0 bridgehead atoms. The maximum atomic E-state index is 12.3. The zero-order valence-electron chi connectivity index (χ0n) is 17.7. The van der Waals surface area contributed by atoms with E-state index >= 15 is 0 Å². The molecule has 3 aromatic rings. The van der Waals surface area contributed by atoms with E-state index in [4.69, 9.17) is 9.47 Å². The number of aryl methyl sites for hydroxylation is 1. The first kappa shape index (κ1) is 21.8. The van der Waals surface area contributed by atoms with E-state index in [1.807, 2.05) is 37.4 Å². The molecule has 1 aromatic heterocycles. The van der Waals surface area contributed by atoms with Crippen LogP contribution in [0.3, 0.4) is 0 Å². The first-order valence-electron chi connectivity index (χ1n) is 10.3. The second kappa shape index (κ2) is 10.8. The van der Waals surface area contributed by atoms with Crippen LogP contribution in [0.1, 0.15) is 30.7 Å². The monoisotopic (exact) mass is 424 g/mol. The average Bonchev–Trinajstić information content (AvgIpc) is 3.19. The SMILES string of the molecule is CCOc1ccc(CCNC(=O)Cc2csc(-c3ccc(C)cc3)n2)cc1OCC. The van der Waals surface area contributed by atoms with E-state index < -0.39 is 0 Å². The molecular weight excluding hydrogens is 396 g/mol. The van der Waals surface area contributed by atoms with Crippen LogP contribution in [0.4, 0.5) is 0 Å². The molecule has 0 fully saturated rings. The molecule has 5 nitrogen and oxygen atoms in total. The maximum absolute atomic E-state index is 12.3. The first-order valence-corrected chi connectivity index (χ1v) is 11.1. The van der Waals surface area contributed by atoms with Crippen molar-refractivity contribution in [2.45, 2.75) is 33.6 Å². The van der Waals surface area contributed by atoms with Crippen molar-refractivity contribution in [2.75, 3.05) is 19.8 Å². The van der Waals surface area contributed by atoms with Crippen molar-refractivity contribution in [3.63, 3.8) is 0 Å². The zero-order valence-corrected chi connectivity index (χ0v) is 18.6. The van der Waals surface area contributed by atoms with E-state index in [-0.39, 0.29) is 12.3 Å². The van der Waals surface area contributed by atoms with Crippen molar-refractivity contribution in [2.24, 2.45) is 0 Å². The van der Waals surface area contributed by atoms with Gasteiger partial charge in [0.25, 0.3) is 0 Å². The molecule has 158 valence electrons. The summed E-state index contributed by atoms with van der Waals surface area (Å²) < 4.78 is 11.3. The summed E-state index contributed by atoms with van der Waals surface area (Å²) >= 11 is 1.57. The molecule has 0 aliphatic heterocycles. The molecule has 30 heavy (non-hydrogen) atoms. The van der Waals surface area contributed by atoms with Gasteiger partial charge < -0.3 is 14.8 Å². The van der Waals surface area contributed by atoms with Gasteiger partial charge in [-0.1, -0.05) is 35.9 Å². The van der Waals surface area contributed by atoms with Crippen LogP contribution in [0.25, 0.3) is 10.6 Å². The van der Waals surface area contributed by atoms with Gasteiger partial charge in [-0.15, -0.1) is 11.3 Å². The topological polar surface area (TPSA) is 60.5 Å². The minimum absolute atomic E-state index is 0.0216. The Morgan fingerprint density at radius 2 is 1.77 bits per heavy atom. The molecule has 0 aliphatic rings. The normalized spacial score (nSPS) is 10.6. The van der Waals surface area contributed by atoms with Gasteiger partial charge in [0.1, 0.15) is 5.01 Å². The lowest BCUT2D eigenvalue weighted by molar-refractivity contribution is -0.120. The molecule has 0 aliphatic carbocycles. The highest BCUT2D eigenvalue weighted by Crippen LogP contribution is 2.28. The summed E-state index contributed by atoms with van der Waals surface area (Å²) in [6.45, 7) is 7.70. The number of aromatic nitrogens is 1. The van der Waals surface area contributed by atoms with Crippen molar-refractivity contribution < 1.29 is 14.3 Å². The van der Waals surface area contributed by atoms with E-state index in [1.54, 1.807) is 11.3 Å². The molecule has 3 rings (SSSR count). The van der Waals surface area contributed by atoms with Gasteiger partial charge in [-0.3, -0.25) is 4.79 Å². The lowest BCUT2D eigenvalue weighted by Crippen LogP contribution is -2.27. The maximum Gasteiger partial charge on any atom is 0.226 e. The molecule has 1 amide bonds. The number of thiazole rings is 1. The lowest BCUT2D eigenvalue weighted by Gasteiger charge is -2.12. The summed E-state index contributed by atoms with van der Waals surface area (Å²) in [5.74, 6) is 1.47. The Balaban J connectivity index is 1.50. The lowest BCUT2D eigenvalue weighted by atomic mass is 10.1. The smallest absolute Gasteiger partial charge is 0.226 e. The Bertz CT molecular complexity index is 967. The van der Waals surface area contributed by atoms with E-state index in [0.29, 0.717) is 19.8 Å². The Kier molecular flexibility index (Phi) is 7.85. The number of benzene rings is 2. The van der Waals surface area contributed by atoms with Gasteiger partial charge in [-0.2, -0.15) is 0 Å². The van der Waals surface area contributed by atoms with Gasteiger partial charge in [-0.05, 0) is 44.9 Å². The molecule has 2 aromatic carbocycles. The van der Waals surface area contributed by atoms with Gasteiger partial charge >= 0.3 is 0 Å². The third kappa shape index (κ3) is 6.07. The number of ether oxygens (including phenoxy) is 2. The second-order valence-electron chi connectivity index (χ2n) is 6.93. The quantitative estimate of drug-likeness (QED) is 0.507. The fourth-order valence-electron chi connectivity index (χ4n) is 3.04. The molecule has 0 unspecified atom stereocenters. The standard InChI is InChI=1S/C24H28N2O3S/c1-4-28-21-11-8-18(14-22(21)29-5-2)12-13-25-23(27)15-20-16-30-24(26-20)19-9-6-17(3)7-10-19/h6-11,14,16H,4-5,12-13,15H2,1-3H3,(H,25,27). The third-order valence-corrected chi connectivity index (χ3v) is 5.48. The summed E-state index contributed by atoms with van der Waals surface area (Å²) in [5, 5.41) is 5.88. The summed E-state index contributed by atoms with van der Waals surface area (Å²) in [4.78, 5) is 16.9. The molecule has 0 spiro atoms. The van der Waals surface area contributed by atoms with Crippen LogP contribution < -0.4 is 14.8 Å². The molecular formula is C24H28N2O3S. The number of amides is 1. The van der Waals surface area contributed by atoms with Crippen LogP contribution in [-0.4, -0.2) is 30.6 Å². The molecule has 0 atom stereocenters. The van der Waals surface area contributed by atoms with Crippen LogP contribution in [0.5, 0.6) is 11.5 Å². The fraction of sp³-hybridized carbons (Fsp3) is 0.333. The van der Waals surface area contributed by atoms with E-state index in [9.17, 15) is 4.79 Å². The van der Waals surface area contributed by atoms with Crippen LogP contribution >= 0.6 is 11.3 Å². The minimum atomic E-state index is -0.0216. The highest BCUT2D eigenvalue weighted by Gasteiger charge is 2.10. The number of hydrogen-bond acceptors (Lipinski definition) is 5. The molecule has 1 heterocycles. The number of carbonyl (C=O) groups is 1. The van der Waals surface area contributed by atoms with Crippen molar-refractivity contribution in [3.05, 3.63) is 64.7 Å².